The average molecular weight is 390 g/mol. The molecule has 0 saturated heterocycles. The fourth-order valence-electron chi connectivity index (χ4n) is 2.79. The summed E-state index contributed by atoms with van der Waals surface area (Å²) in [4.78, 5) is 35.2. The smallest absolute Gasteiger partial charge is 0.349 e. The summed E-state index contributed by atoms with van der Waals surface area (Å²) in [6.07, 6.45) is 0.181. The number of rotatable bonds is 7. The molecule has 0 saturated carbocycles. The van der Waals surface area contributed by atoms with Gasteiger partial charge in [0.2, 0.25) is 0 Å². The number of aryl methyl sites for hydroxylation is 1. The topological polar surface area (TPSA) is 122 Å². The highest BCUT2D eigenvalue weighted by Gasteiger charge is 2.22. The monoisotopic (exact) mass is 390 g/mol. The Morgan fingerprint density at radius 1 is 1.32 bits per heavy atom. The molecule has 9 nitrogen and oxygen atoms in total. The molecule has 0 aromatic carbocycles. The Balaban J connectivity index is 3.02. The third kappa shape index (κ3) is 5.69. The highest BCUT2D eigenvalue weighted by molar-refractivity contribution is 6.01. The first kappa shape index (κ1) is 22.9. The molecular weight excluding hydrogens is 364 g/mol. The van der Waals surface area contributed by atoms with Crippen LogP contribution in [-0.2, 0) is 19.1 Å². The molecular formula is C19H26N4O5. The molecule has 28 heavy (non-hydrogen) atoms. The predicted octanol–water partition coefficient (Wildman–Crippen LogP) is 1.61. The van der Waals surface area contributed by atoms with E-state index in [1.807, 2.05) is 32.2 Å². The Kier molecular flexibility index (Phi) is 8.41. The summed E-state index contributed by atoms with van der Waals surface area (Å²) in [6.45, 7) is 7.63. The maximum atomic E-state index is 12.3. The van der Waals surface area contributed by atoms with Crippen LogP contribution < -0.4 is 10.6 Å². The van der Waals surface area contributed by atoms with Gasteiger partial charge in [-0.05, 0) is 45.4 Å². The second-order valence-corrected chi connectivity index (χ2v) is 6.29. The molecule has 3 amide bonds. The summed E-state index contributed by atoms with van der Waals surface area (Å²) in [7, 11) is 2.97. The first-order valence-corrected chi connectivity index (χ1v) is 8.68. The lowest BCUT2D eigenvalue weighted by molar-refractivity contribution is -0.150. The number of esters is 1. The number of nitrogens with zero attached hydrogens (tertiary/aromatic N) is 2. The Hall–Kier alpha value is -3.12. The number of aromatic nitrogens is 1. The summed E-state index contributed by atoms with van der Waals surface area (Å²) >= 11 is 0. The number of methoxy groups -OCH3 is 1. The van der Waals surface area contributed by atoms with Crippen molar-refractivity contribution < 1.29 is 23.9 Å². The van der Waals surface area contributed by atoms with Gasteiger partial charge in [-0.1, -0.05) is 0 Å². The maximum absolute atomic E-state index is 12.3. The summed E-state index contributed by atoms with van der Waals surface area (Å²) in [5, 5.41) is 13.6. The lowest BCUT2D eigenvalue weighted by Crippen LogP contribution is -2.43. The van der Waals surface area contributed by atoms with Crippen LogP contribution in [0.15, 0.2) is 11.6 Å². The van der Waals surface area contributed by atoms with Crippen LogP contribution in [0.1, 0.15) is 36.8 Å². The predicted molar refractivity (Wildman–Crippen MR) is 102 cm³/mol. The van der Waals surface area contributed by atoms with Gasteiger partial charge >= 0.3 is 12.0 Å². The lowest BCUT2D eigenvalue weighted by atomic mass is 10.1. The van der Waals surface area contributed by atoms with Crippen LogP contribution in [0.5, 0.6) is 0 Å². The highest BCUT2D eigenvalue weighted by atomic mass is 16.5. The SMILES string of the molecule is CNC(=O)NC(=O)[C@H](C)OC(=O)/C(C#N)=C/c1cc(C)n([C@H](C)COC)c1C. The second kappa shape index (κ2) is 10.3. The second-order valence-electron chi connectivity index (χ2n) is 6.29. The zero-order valence-corrected chi connectivity index (χ0v) is 17.0. The number of imide groups is 1. The molecule has 1 aromatic heterocycles. The number of nitriles is 1. The molecule has 0 fully saturated rings. The Labute approximate surface area is 164 Å². The van der Waals surface area contributed by atoms with E-state index in [4.69, 9.17) is 9.47 Å². The Morgan fingerprint density at radius 2 is 1.96 bits per heavy atom. The molecule has 2 N–H and O–H groups in total. The minimum absolute atomic E-state index is 0.0815. The minimum atomic E-state index is -1.24. The van der Waals surface area contributed by atoms with Crippen LogP contribution in [0.4, 0.5) is 4.79 Å². The third-order valence-corrected chi connectivity index (χ3v) is 4.13. The molecule has 0 unspecified atom stereocenters. The first-order chi connectivity index (χ1) is 13.2. The summed E-state index contributed by atoms with van der Waals surface area (Å²) < 4.78 is 12.2. The number of nitrogens with one attached hydrogen (secondary N) is 2. The molecule has 0 aliphatic carbocycles. The quantitative estimate of drug-likeness (QED) is 0.414. The standard InChI is InChI=1S/C19H26N4O5/c1-11-7-15(13(3)23(11)12(2)10-27-6)8-16(9-20)18(25)28-14(4)17(24)22-19(26)21-5/h7-8,12,14H,10H2,1-6H3,(H2,21,22,24,26)/b16-8+/t12-,14+/m1/s1. The summed E-state index contributed by atoms with van der Waals surface area (Å²) in [6, 6.07) is 3.01. The van der Waals surface area contributed by atoms with E-state index in [9.17, 15) is 19.6 Å². The average Bonchev–Trinajstić information content (AvgIpc) is 2.92. The van der Waals surface area contributed by atoms with Gasteiger partial charge in [0.1, 0.15) is 11.6 Å². The van der Waals surface area contributed by atoms with Gasteiger partial charge in [0.05, 0.1) is 12.6 Å². The fourth-order valence-corrected chi connectivity index (χ4v) is 2.79. The van der Waals surface area contributed by atoms with Crippen molar-refractivity contribution in [3.05, 3.63) is 28.6 Å². The molecule has 9 heteroatoms. The van der Waals surface area contributed by atoms with Gasteiger partial charge in [-0.2, -0.15) is 5.26 Å². The number of carbonyl (C=O) groups excluding carboxylic acids is 3. The minimum Gasteiger partial charge on any atom is -0.448 e. The number of urea groups is 1. The molecule has 2 atom stereocenters. The fraction of sp³-hybridized carbons (Fsp3) is 0.474. The van der Waals surface area contributed by atoms with Crippen molar-refractivity contribution in [1.29, 1.82) is 5.26 Å². The normalized spacial score (nSPS) is 13.2. The van der Waals surface area contributed by atoms with Crippen molar-refractivity contribution in [1.82, 2.24) is 15.2 Å². The van der Waals surface area contributed by atoms with E-state index >= 15 is 0 Å². The van der Waals surface area contributed by atoms with Gasteiger partial charge in [-0.3, -0.25) is 10.1 Å². The number of ether oxygens (including phenoxy) is 2. The number of carbonyl (C=O) groups is 3. The number of amides is 3. The van der Waals surface area contributed by atoms with Crippen LogP contribution in [0.2, 0.25) is 0 Å². The molecule has 1 rings (SSSR count). The highest BCUT2D eigenvalue weighted by Crippen LogP contribution is 2.23. The van der Waals surface area contributed by atoms with Crippen molar-refractivity contribution in [3.8, 4) is 6.07 Å². The van der Waals surface area contributed by atoms with Gasteiger partial charge in [-0.25, -0.2) is 9.59 Å². The van der Waals surface area contributed by atoms with E-state index < -0.39 is 24.0 Å². The van der Waals surface area contributed by atoms with Crippen molar-refractivity contribution in [2.24, 2.45) is 0 Å². The Bertz CT molecular complexity index is 819. The van der Waals surface area contributed by atoms with Crippen LogP contribution >= 0.6 is 0 Å². The van der Waals surface area contributed by atoms with Crippen molar-refractivity contribution in [2.45, 2.75) is 39.8 Å². The Morgan fingerprint density at radius 3 is 2.50 bits per heavy atom. The molecule has 0 spiro atoms. The van der Waals surface area contributed by atoms with Crippen LogP contribution in [0.3, 0.4) is 0 Å². The number of hydrogen-bond acceptors (Lipinski definition) is 6. The van der Waals surface area contributed by atoms with Crippen molar-refractivity contribution in [3.63, 3.8) is 0 Å². The largest absolute Gasteiger partial charge is 0.448 e. The summed E-state index contributed by atoms with van der Waals surface area (Å²) in [5.74, 6) is -1.74. The van der Waals surface area contributed by atoms with E-state index in [0.29, 0.717) is 12.2 Å². The van der Waals surface area contributed by atoms with E-state index in [2.05, 4.69) is 9.88 Å². The van der Waals surface area contributed by atoms with Gasteiger partial charge in [-0.15, -0.1) is 0 Å². The van der Waals surface area contributed by atoms with Crippen molar-refractivity contribution >= 4 is 24.0 Å². The molecule has 0 aliphatic rings. The molecule has 152 valence electrons. The van der Waals surface area contributed by atoms with E-state index in [0.717, 1.165) is 11.4 Å². The lowest BCUT2D eigenvalue weighted by Gasteiger charge is -2.17. The van der Waals surface area contributed by atoms with E-state index in [1.165, 1.54) is 20.0 Å². The molecule has 0 aliphatic heterocycles. The van der Waals surface area contributed by atoms with Crippen LogP contribution in [0, 0.1) is 25.2 Å². The third-order valence-electron chi connectivity index (χ3n) is 4.13. The molecule has 0 radical (unpaired) electrons. The van der Waals surface area contributed by atoms with Gasteiger partial charge < -0.3 is 19.4 Å². The van der Waals surface area contributed by atoms with Gasteiger partial charge in [0.25, 0.3) is 5.91 Å². The zero-order valence-electron chi connectivity index (χ0n) is 17.0. The first-order valence-electron chi connectivity index (χ1n) is 8.68. The van der Waals surface area contributed by atoms with Crippen LogP contribution in [-0.4, -0.2) is 49.3 Å². The van der Waals surface area contributed by atoms with Gasteiger partial charge in [0.15, 0.2) is 6.10 Å². The number of hydrogen-bond donors (Lipinski definition) is 2. The zero-order chi connectivity index (χ0) is 21.4. The summed E-state index contributed by atoms with van der Waals surface area (Å²) in [5.41, 5.74) is 2.26. The van der Waals surface area contributed by atoms with Gasteiger partial charge in [0, 0.05) is 25.5 Å². The van der Waals surface area contributed by atoms with E-state index in [1.54, 1.807) is 13.2 Å². The van der Waals surface area contributed by atoms with E-state index in [-0.39, 0.29) is 11.6 Å². The maximum Gasteiger partial charge on any atom is 0.349 e. The molecule has 0 bridgehead atoms. The van der Waals surface area contributed by atoms with Crippen molar-refractivity contribution in [2.75, 3.05) is 20.8 Å². The van der Waals surface area contributed by atoms with Crippen LogP contribution in [0.25, 0.3) is 6.08 Å². The molecule has 1 heterocycles. The molecule has 1 aromatic rings.